The summed E-state index contributed by atoms with van der Waals surface area (Å²) in [6.45, 7) is 10.2. The van der Waals surface area contributed by atoms with Crippen LogP contribution in [0.2, 0.25) is 0 Å². The van der Waals surface area contributed by atoms with E-state index in [0.717, 1.165) is 11.3 Å². The first-order chi connectivity index (χ1) is 12.8. The van der Waals surface area contributed by atoms with Crippen molar-refractivity contribution in [1.82, 2.24) is 4.90 Å². The van der Waals surface area contributed by atoms with Gasteiger partial charge < -0.3 is 19.4 Å². The molecule has 0 aromatic carbocycles. The Bertz CT molecular complexity index is 848. The van der Waals surface area contributed by atoms with Crippen molar-refractivity contribution in [1.29, 1.82) is 0 Å². The standard InChI is InChI=1S/C19H24N2O5S/c1-6-21(7-2)18(23)15-12(5)14(19(24)25-8-3)17(27-15)20-16(22)13-10-9-11(4)26-13/h9-10H,6-8H2,1-5H3,(H,20,22). The van der Waals surface area contributed by atoms with Crippen LogP contribution in [0, 0.1) is 13.8 Å². The lowest BCUT2D eigenvalue weighted by Crippen LogP contribution is -2.30. The number of nitrogens with one attached hydrogen (secondary N) is 1. The zero-order valence-corrected chi connectivity index (χ0v) is 17.0. The summed E-state index contributed by atoms with van der Waals surface area (Å²) in [5, 5.41) is 2.96. The second kappa shape index (κ2) is 8.85. The van der Waals surface area contributed by atoms with Crippen molar-refractivity contribution >= 4 is 34.1 Å². The molecular weight excluding hydrogens is 368 g/mol. The Morgan fingerprint density at radius 1 is 1.15 bits per heavy atom. The van der Waals surface area contributed by atoms with Gasteiger partial charge in [-0.2, -0.15) is 0 Å². The van der Waals surface area contributed by atoms with Crippen molar-refractivity contribution in [3.05, 3.63) is 39.7 Å². The van der Waals surface area contributed by atoms with Crippen LogP contribution in [0.5, 0.6) is 0 Å². The molecule has 2 heterocycles. The SMILES string of the molecule is CCOC(=O)c1c(NC(=O)c2ccc(C)o2)sc(C(=O)N(CC)CC)c1C. The van der Waals surface area contributed by atoms with Crippen LogP contribution in [0.15, 0.2) is 16.5 Å². The monoisotopic (exact) mass is 392 g/mol. The number of nitrogens with zero attached hydrogens (tertiary/aromatic N) is 1. The molecular formula is C19H24N2O5S. The number of hydrogen-bond acceptors (Lipinski definition) is 6. The van der Waals surface area contributed by atoms with Crippen LogP contribution in [0.1, 0.15) is 62.7 Å². The normalized spacial score (nSPS) is 10.6. The number of aryl methyl sites for hydroxylation is 1. The number of thiophene rings is 1. The van der Waals surface area contributed by atoms with Crippen LogP contribution in [-0.4, -0.2) is 42.4 Å². The third-order valence-corrected chi connectivity index (χ3v) is 5.26. The Labute approximate surface area is 162 Å². The highest BCUT2D eigenvalue weighted by atomic mass is 32.1. The summed E-state index contributed by atoms with van der Waals surface area (Å²) >= 11 is 1.07. The maximum atomic E-state index is 12.8. The van der Waals surface area contributed by atoms with E-state index >= 15 is 0 Å². The number of carbonyl (C=O) groups is 3. The first kappa shape index (κ1) is 20.7. The lowest BCUT2D eigenvalue weighted by Gasteiger charge is -2.18. The van der Waals surface area contributed by atoms with E-state index in [9.17, 15) is 14.4 Å². The molecule has 0 aliphatic carbocycles. The van der Waals surface area contributed by atoms with E-state index < -0.39 is 11.9 Å². The second-order valence-corrected chi connectivity index (χ2v) is 6.84. The Morgan fingerprint density at radius 3 is 2.33 bits per heavy atom. The molecule has 2 rings (SSSR count). The van der Waals surface area contributed by atoms with Crippen molar-refractivity contribution in [2.75, 3.05) is 25.0 Å². The highest BCUT2D eigenvalue weighted by Gasteiger charge is 2.28. The minimum absolute atomic E-state index is 0.130. The average Bonchev–Trinajstić information content (AvgIpc) is 3.19. The van der Waals surface area contributed by atoms with Gasteiger partial charge in [0.1, 0.15) is 10.8 Å². The number of ether oxygens (including phenoxy) is 1. The van der Waals surface area contributed by atoms with E-state index in [0.29, 0.717) is 29.3 Å². The Balaban J connectivity index is 2.44. The fourth-order valence-corrected chi connectivity index (χ4v) is 3.79. The lowest BCUT2D eigenvalue weighted by molar-refractivity contribution is 0.0527. The smallest absolute Gasteiger partial charge is 0.341 e. The summed E-state index contributed by atoms with van der Waals surface area (Å²) < 4.78 is 10.4. The molecule has 1 N–H and O–H groups in total. The molecule has 0 fully saturated rings. The number of furan rings is 1. The maximum Gasteiger partial charge on any atom is 0.341 e. The zero-order valence-electron chi connectivity index (χ0n) is 16.2. The molecule has 0 unspecified atom stereocenters. The molecule has 27 heavy (non-hydrogen) atoms. The minimum atomic E-state index is -0.573. The molecule has 8 heteroatoms. The Kier molecular flexibility index (Phi) is 6.79. The van der Waals surface area contributed by atoms with Gasteiger partial charge in [-0.3, -0.25) is 9.59 Å². The fraction of sp³-hybridized carbons (Fsp3) is 0.421. The van der Waals surface area contributed by atoms with Crippen LogP contribution in [-0.2, 0) is 4.74 Å². The predicted molar refractivity (Wildman–Crippen MR) is 104 cm³/mol. The van der Waals surface area contributed by atoms with Crippen molar-refractivity contribution in [3.8, 4) is 0 Å². The Morgan fingerprint density at radius 2 is 1.81 bits per heavy atom. The number of carbonyl (C=O) groups excluding carboxylic acids is 3. The van der Waals surface area contributed by atoms with Gasteiger partial charge >= 0.3 is 5.97 Å². The summed E-state index contributed by atoms with van der Waals surface area (Å²) in [6.07, 6.45) is 0. The summed E-state index contributed by atoms with van der Waals surface area (Å²) in [6, 6.07) is 3.23. The lowest BCUT2D eigenvalue weighted by atomic mass is 10.1. The van der Waals surface area contributed by atoms with Crippen molar-refractivity contribution < 1.29 is 23.5 Å². The molecule has 0 aliphatic heterocycles. The fourth-order valence-electron chi connectivity index (χ4n) is 2.63. The van der Waals surface area contributed by atoms with Gasteiger partial charge in [0.15, 0.2) is 5.76 Å². The van der Waals surface area contributed by atoms with E-state index in [4.69, 9.17) is 9.15 Å². The summed E-state index contributed by atoms with van der Waals surface area (Å²) in [5.41, 5.74) is 0.704. The van der Waals surface area contributed by atoms with Gasteiger partial charge in [-0.15, -0.1) is 11.3 Å². The molecule has 0 spiro atoms. The van der Waals surface area contributed by atoms with Gasteiger partial charge in [0.2, 0.25) is 0 Å². The van der Waals surface area contributed by atoms with Crippen LogP contribution < -0.4 is 5.32 Å². The topological polar surface area (TPSA) is 88.8 Å². The quantitative estimate of drug-likeness (QED) is 0.723. The van der Waals surface area contributed by atoms with Crippen molar-refractivity contribution in [2.45, 2.75) is 34.6 Å². The number of amides is 2. The average molecular weight is 392 g/mol. The van der Waals surface area contributed by atoms with Crippen molar-refractivity contribution in [3.63, 3.8) is 0 Å². The van der Waals surface area contributed by atoms with E-state index in [-0.39, 0.29) is 28.8 Å². The maximum absolute atomic E-state index is 12.8. The van der Waals surface area contributed by atoms with Gasteiger partial charge in [-0.1, -0.05) is 0 Å². The number of anilines is 1. The molecule has 2 aromatic heterocycles. The first-order valence-corrected chi connectivity index (χ1v) is 9.63. The molecule has 0 atom stereocenters. The van der Waals surface area contributed by atoms with Crippen LogP contribution in [0.25, 0.3) is 0 Å². The molecule has 0 aliphatic rings. The molecule has 2 amide bonds. The molecule has 0 radical (unpaired) electrons. The summed E-state index contributed by atoms with van der Waals surface area (Å²) in [5.74, 6) is -0.509. The first-order valence-electron chi connectivity index (χ1n) is 8.81. The van der Waals surface area contributed by atoms with Gasteiger partial charge in [0, 0.05) is 13.1 Å². The van der Waals surface area contributed by atoms with E-state index in [2.05, 4.69) is 5.32 Å². The number of esters is 1. The summed E-state index contributed by atoms with van der Waals surface area (Å²) in [7, 11) is 0. The van der Waals surface area contributed by atoms with Gasteiger partial charge in [-0.05, 0) is 52.3 Å². The molecule has 0 saturated heterocycles. The molecule has 0 saturated carbocycles. The van der Waals surface area contributed by atoms with Gasteiger partial charge in [-0.25, -0.2) is 4.79 Å². The number of rotatable bonds is 7. The highest BCUT2D eigenvalue weighted by Crippen LogP contribution is 2.35. The molecule has 7 nitrogen and oxygen atoms in total. The largest absolute Gasteiger partial charge is 0.462 e. The highest BCUT2D eigenvalue weighted by molar-refractivity contribution is 7.18. The molecule has 2 aromatic rings. The predicted octanol–water partition coefficient (Wildman–Crippen LogP) is 3.87. The van der Waals surface area contributed by atoms with Crippen LogP contribution in [0.3, 0.4) is 0 Å². The van der Waals surface area contributed by atoms with Crippen LogP contribution in [0.4, 0.5) is 5.00 Å². The Hall–Kier alpha value is -2.61. The minimum Gasteiger partial charge on any atom is -0.462 e. The van der Waals surface area contributed by atoms with Gasteiger partial charge in [0.05, 0.1) is 17.0 Å². The summed E-state index contributed by atoms with van der Waals surface area (Å²) in [4.78, 5) is 39.7. The van der Waals surface area contributed by atoms with Crippen LogP contribution >= 0.6 is 11.3 Å². The molecule has 0 bridgehead atoms. The third-order valence-electron chi connectivity index (χ3n) is 4.06. The zero-order chi connectivity index (χ0) is 20.1. The second-order valence-electron chi connectivity index (χ2n) is 5.82. The third kappa shape index (κ3) is 4.39. The molecule has 146 valence electrons. The van der Waals surface area contributed by atoms with E-state index in [1.807, 2.05) is 13.8 Å². The van der Waals surface area contributed by atoms with Crippen molar-refractivity contribution in [2.24, 2.45) is 0 Å². The van der Waals surface area contributed by atoms with E-state index in [1.54, 1.807) is 37.8 Å². The van der Waals surface area contributed by atoms with E-state index in [1.165, 1.54) is 0 Å². The van der Waals surface area contributed by atoms with Gasteiger partial charge in [0.25, 0.3) is 11.8 Å². The number of hydrogen-bond donors (Lipinski definition) is 1.